The lowest BCUT2D eigenvalue weighted by Gasteiger charge is -2.30. The van der Waals surface area contributed by atoms with Crippen LogP contribution in [0.5, 0.6) is 0 Å². The number of piperidine rings is 1. The molecule has 0 aliphatic carbocycles. The van der Waals surface area contributed by atoms with Crippen LogP contribution in [0.1, 0.15) is 25.0 Å². The van der Waals surface area contributed by atoms with E-state index in [1.54, 1.807) is 6.20 Å². The molecule has 0 aromatic carbocycles. The molecule has 4 heteroatoms. The lowest BCUT2D eigenvalue weighted by Crippen LogP contribution is -2.45. The third-order valence-electron chi connectivity index (χ3n) is 3.13. The van der Waals surface area contributed by atoms with E-state index in [0.717, 1.165) is 25.1 Å². The number of nitrogens with two attached hydrogens (primary N) is 1. The normalized spacial score (nSPS) is 20.3. The first-order chi connectivity index (χ1) is 8.25. The van der Waals surface area contributed by atoms with Gasteiger partial charge in [-0.1, -0.05) is 6.07 Å². The van der Waals surface area contributed by atoms with Gasteiger partial charge in [0.25, 0.3) is 0 Å². The first-order valence-corrected chi connectivity index (χ1v) is 6.19. The fraction of sp³-hybridized carbons (Fsp3) is 0.538. The maximum absolute atomic E-state index is 12.0. The van der Waals surface area contributed by atoms with Gasteiger partial charge in [-0.25, -0.2) is 0 Å². The van der Waals surface area contributed by atoms with E-state index in [2.05, 4.69) is 4.98 Å². The van der Waals surface area contributed by atoms with E-state index in [1.807, 2.05) is 23.1 Å². The number of hydrogen-bond donors (Lipinski definition) is 1. The Morgan fingerprint density at radius 2 is 2.41 bits per heavy atom. The topological polar surface area (TPSA) is 59.2 Å². The summed E-state index contributed by atoms with van der Waals surface area (Å²) in [4.78, 5) is 18.1. The van der Waals surface area contributed by atoms with Crippen molar-refractivity contribution in [2.24, 2.45) is 5.73 Å². The zero-order valence-corrected chi connectivity index (χ0v) is 10.0. The van der Waals surface area contributed by atoms with Gasteiger partial charge in [-0.15, -0.1) is 0 Å². The van der Waals surface area contributed by atoms with Crippen molar-refractivity contribution in [3.05, 3.63) is 30.1 Å². The van der Waals surface area contributed by atoms with Crippen molar-refractivity contribution in [1.82, 2.24) is 9.88 Å². The summed E-state index contributed by atoms with van der Waals surface area (Å²) in [6.07, 6.45) is 5.06. The van der Waals surface area contributed by atoms with Gasteiger partial charge < -0.3 is 10.6 Å². The molecule has 1 amide bonds. The van der Waals surface area contributed by atoms with Gasteiger partial charge in [-0.05, 0) is 31.4 Å². The van der Waals surface area contributed by atoms with Crippen LogP contribution in [0.3, 0.4) is 0 Å². The van der Waals surface area contributed by atoms with Gasteiger partial charge >= 0.3 is 0 Å². The van der Waals surface area contributed by atoms with Gasteiger partial charge in [0.1, 0.15) is 0 Å². The summed E-state index contributed by atoms with van der Waals surface area (Å²) < 4.78 is 0. The molecule has 2 N–H and O–H groups in total. The molecule has 0 unspecified atom stereocenters. The molecule has 1 saturated heterocycles. The number of carbonyl (C=O) groups excluding carboxylic acids is 1. The Morgan fingerprint density at radius 3 is 3.12 bits per heavy atom. The molecule has 1 aliphatic rings. The van der Waals surface area contributed by atoms with E-state index in [-0.39, 0.29) is 11.9 Å². The summed E-state index contributed by atoms with van der Waals surface area (Å²) in [5, 5.41) is 0. The van der Waals surface area contributed by atoms with Crippen LogP contribution in [0.25, 0.3) is 0 Å². The first-order valence-electron chi connectivity index (χ1n) is 6.19. The predicted octanol–water partition coefficient (Wildman–Crippen LogP) is 0.964. The SMILES string of the molecule is N[C@H]1CCCN(C(=O)CCc2ccccn2)C1. The molecule has 1 fully saturated rings. The molecule has 1 aromatic rings. The number of aromatic nitrogens is 1. The lowest BCUT2D eigenvalue weighted by molar-refractivity contribution is -0.132. The molecule has 1 aliphatic heterocycles. The van der Waals surface area contributed by atoms with Crippen molar-refractivity contribution in [1.29, 1.82) is 0 Å². The van der Waals surface area contributed by atoms with Crippen LogP contribution in [0, 0.1) is 0 Å². The molecule has 0 spiro atoms. The predicted molar refractivity (Wildman–Crippen MR) is 66.3 cm³/mol. The highest BCUT2D eigenvalue weighted by Crippen LogP contribution is 2.10. The maximum Gasteiger partial charge on any atom is 0.223 e. The second-order valence-electron chi connectivity index (χ2n) is 4.56. The van der Waals surface area contributed by atoms with Crippen LogP contribution in [0.4, 0.5) is 0 Å². The lowest BCUT2D eigenvalue weighted by atomic mass is 10.1. The van der Waals surface area contributed by atoms with Crippen LogP contribution in [-0.2, 0) is 11.2 Å². The summed E-state index contributed by atoms with van der Waals surface area (Å²) >= 11 is 0. The monoisotopic (exact) mass is 233 g/mol. The number of pyridine rings is 1. The maximum atomic E-state index is 12.0. The quantitative estimate of drug-likeness (QED) is 0.846. The number of rotatable bonds is 3. The Kier molecular flexibility index (Phi) is 4.09. The number of amides is 1. The average Bonchev–Trinajstić information content (AvgIpc) is 2.37. The molecular weight excluding hydrogens is 214 g/mol. The van der Waals surface area contributed by atoms with Gasteiger partial charge in [0.15, 0.2) is 0 Å². The van der Waals surface area contributed by atoms with E-state index >= 15 is 0 Å². The molecule has 0 bridgehead atoms. The molecule has 2 heterocycles. The number of aryl methyl sites for hydroxylation is 1. The molecule has 0 saturated carbocycles. The largest absolute Gasteiger partial charge is 0.341 e. The number of carbonyl (C=O) groups is 1. The van der Waals surface area contributed by atoms with Crippen molar-refractivity contribution >= 4 is 5.91 Å². The standard InChI is InChI=1S/C13H19N3O/c14-11-4-3-9-16(10-11)13(17)7-6-12-5-1-2-8-15-12/h1-2,5,8,11H,3-4,6-7,9-10,14H2/t11-/m0/s1. The van der Waals surface area contributed by atoms with Crippen molar-refractivity contribution in [2.45, 2.75) is 31.7 Å². The zero-order valence-electron chi connectivity index (χ0n) is 10.0. The summed E-state index contributed by atoms with van der Waals surface area (Å²) in [5.74, 6) is 0.200. The first kappa shape index (κ1) is 12.0. The number of hydrogen-bond acceptors (Lipinski definition) is 3. The zero-order chi connectivity index (χ0) is 12.1. The molecule has 92 valence electrons. The van der Waals surface area contributed by atoms with Gasteiger partial charge in [-0.2, -0.15) is 0 Å². The highest BCUT2D eigenvalue weighted by Gasteiger charge is 2.20. The van der Waals surface area contributed by atoms with E-state index < -0.39 is 0 Å². The van der Waals surface area contributed by atoms with Crippen molar-refractivity contribution < 1.29 is 4.79 Å². The smallest absolute Gasteiger partial charge is 0.223 e. The Bertz CT molecular complexity index is 366. The van der Waals surface area contributed by atoms with Crippen LogP contribution in [0.2, 0.25) is 0 Å². The second kappa shape index (κ2) is 5.77. The van der Waals surface area contributed by atoms with E-state index in [0.29, 0.717) is 19.4 Å². The minimum atomic E-state index is 0.155. The highest BCUT2D eigenvalue weighted by atomic mass is 16.2. The van der Waals surface area contributed by atoms with Crippen LogP contribution in [-0.4, -0.2) is 34.9 Å². The van der Waals surface area contributed by atoms with Crippen molar-refractivity contribution in [3.8, 4) is 0 Å². The number of nitrogens with zero attached hydrogens (tertiary/aromatic N) is 2. The van der Waals surface area contributed by atoms with E-state index in [1.165, 1.54) is 0 Å². The van der Waals surface area contributed by atoms with Crippen LogP contribution < -0.4 is 5.73 Å². The summed E-state index contributed by atoms with van der Waals surface area (Å²) in [7, 11) is 0. The summed E-state index contributed by atoms with van der Waals surface area (Å²) in [6, 6.07) is 5.94. The fourth-order valence-corrected chi connectivity index (χ4v) is 2.18. The molecule has 1 aromatic heterocycles. The molecule has 1 atom stereocenters. The molecular formula is C13H19N3O. The van der Waals surface area contributed by atoms with Gasteiger partial charge in [-0.3, -0.25) is 9.78 Å². The van der Waals surface area contributed by atoms with E-state index in [9.17, 15) is 4.79 Å². The van der Waals surface area contributed by atoms with E-state index in [4.69, 9.17) is 5.73 Å². The highest BCUT2D eigenvalue weighted by molar-refractivity contribution is 5.76. The van der Waals surface area contributed by atoms with Crippen LogP contribution >= 0.6 is 0 Å². The minimum absolute atomic E-state index is 0.155. The Balaban J connectivity index is 1.81. The molecule has 4 nitrogen and oxygen atoms in total. The Morgan fingerprint density at radius 1 is 1.53 bits per heavy atom. The van der Waals surface area contributed by atoms with Crippen molar-refractivity contribution in [2.75, 3.05) is 13.1 Å². The Hall–Kier alpha value is -1.42. The second-order valence-corrected chi connectivity index (χ2v) is 4.56. The summed E-state index contributed by atoms with van der Waals surface area (Å²) in [5.41, 5.74) is 6.84. The number of likely N-dealkylation sites (tertiary alicyclic amines) is 1. The van der Waals surface area contributed by atoms with Crippen molar-refractivity contribution in [3.63, 3.8) is 0 Å². The fourth-order valence-electron chi connectivity index (χ4n) is 2.18. The van der Waals surface area contributed by atoms with Gasteiger partial charge in [0, 0.05) is 37.4 Å². The molecule has 2 rings (SSSR count). The van der Waals surface area contributed by atoms with Gasteiger partial charge in [0.05, 0.1) is 0 Å². The third-order valence-corrected chi connectivity index (χ3v) is 3.13. The minimum Gasteiger partial charge on any atom is -0.341 e. The third kappa shape index (κ3) is 3.53. The van der Waals surface area contributed by atoms with Gasteiger partial charge in [0.2, 0.25) is 5.91 Å². The average molecular weight is 233 g/mol. The molecule has 0 radical (unpaired) electrons. The molecule has 17 heavy (non-hydrogen) atoms. The Labute approximate surface area is 102 Å². The summed E-state index contributed by atoms with van der Waals surface area (Å²) in [6.45, 7) is 1.57. The van der Waals surface area contributed by atoms with Crippen LogP contribution in [0.15, 0.2) is 24.4 Å².